The summed E-state index contributed by atoms with van der Waals surface area (Å²) in [6, 6.07) is 17.4. The molecule has 3 aromatic carbocycles. The van der Waals surface area contributed by atoms with Gasteiger partial charge in [-0.1, -0.05) is 23.7 Å². The van der Waals surface area contributed by atoms with Gasteiger partial charge in [0, 0.05) is 10.6 Å². The van der Waals surface area contributed by atoms with E-state index in [9.17, 15) is 18.0 Å². The second kappa shape index (κ2) is 12.8. The van der Waals surface area contributed by atoms with Gasteiger partial charge in [0.2, 0.25) is 5.91 Å². The smallest absolute Gasteiger partial charge is 0.339 e. The van der Waals surface area contributed by atoms with Crippen LogP contribution in [0.3, 0.4) is 0 Å². The van der Waals surface area contributed by atoms with Crippen LogP contribution < -0.4 is 14.4 Å². The lowest BCUT2D eigenvalue weighted by atomic mass is 10.2. The maximum absolute atomic E-state index is 13.7. The Morgan fingerprint density at radius 3 is 2.32 bits per heavy atom. The number of sulfonamides is 1. The molecule has 3 rings (SSSR count). The molecule has 0 fully saturated rings. The van der Waals surface area contributed by atoms with E-state index in [-0.39, 0.29) is 27.8 Å². The summed E-state index contributed by atoms with van der Waals surface area (Å²) >= 11 is 7.69. The van der Waals surface area contributed by atoms with E-state index in [0.717, 1.165) is 9.20 Å². The van der Waals surface area contributed by atoms with E-state index in [1.165, 1.54) is 42.1 Å². The predicted octanol–water partition coefficient (Wildman–Crippen LogP) is 5.47. The molecule has 0 atom stereocenters. The highest BCUT2D eigenvalue weighted by molar-refractivity contribution is 7.98. The number of amides is 1. The van der Waals surface area contributed by atoms with E-state index >= 15 is 0 Å². The fraction of sp³-hybridized carbons (Fsp3) is 0.231. The number of carbonyl (C=O) groups excluding carboxylic acids is 2. The van der Waals surface area contributed by atoms with Crippen molar-refractivity contribution in [3.8, 4) is 5.75 Å². The zero-order chi connectivity index (χ0) is 27.0. The average Bonchev–Trinajstić information content (AvgIpc) is 2.88. The minimum atomic E-state index is -4.14. The quantitative estimate of drug-likeness (QED) is 0.244. The lowest BCUT2D eigenvalue weighted by molar-refractivity contribution is -0.114. The summed E-state index contributed by atoms with van der Waals surface area (Å²) < 4.78 is 39.1. The Hall–Kier alpha value is -3.21. The topological polar surface area (TPSA) is 102 Å². The SMILES string of the molecule is CCOC(=O)c1ccc(NC(=O)CN(c2ccccc2OCC)S(=O)(=O)c2ccc(SC)cc2)cc1Cl. The molecule has 1 N–H and O–H groups in total. The number of esters is 1. The van der Waals surface area contributed by atoms with Crippen molar-refractivity contribution >= 4 is 56.6 Å². The Morgan fingerprint density at radius 2 is 1.70 bits per heavy atom. The monoisotopic (exact) mass is 562 g/mol. The first-order valence-electron chi connectivity index (χ1n) is 11.4. The number of rotatable bonds is 11. The molecule has 0 heterocycles. The molecule has 0 aliphatic heterocycles. The Labute approximate surface area is 226 Å². The minimum Gasteiger partial charge on any atom is -0.492 e. The van der Waals surface area contributed by atoms with Crippen LogP contribution in [-0.4, -0.2) is 46.3 Å². The van der Waals surface area contributed by atoms with Crippen LogP contribution in [0.2, 0.25) is 5.02 Å². The maximum Gasteiger partial charge on any atom is 0.339 e. The second-order valence-corrected chi connectivity index (χ2v) is 10.7. The lowest BCUT2D eigenvalue weighted by Crippen LogP contribution is -2.38. The second-order valence-electron chi connectivity index (χ2n) is 7.55. The normalized spacial score (nSPS) is 11.0. The summed E-state index contributed by atoms with van der Waals surface area (Å²) in [5, 5.41) is 2.74. The van der Waals surface area contributed by atoms with Crippen molar-refractivity contribution in [1.29, 1.82) is 0 Å². The molecule has 0 unspecified atom stereocenters. The molecule has 0 bridgehead atoms. The van der Waals surface area contributed by atoms with E-state index < -0.39 is 28.4 Å². The van der Waals surface area contributed by atoms with Gasteiger partial charge in [-0.15, -0.1) is 11.8 Å². The fourth-order valence-corrected chi connectivity index (χ4v) is 5.51. The number of halogens is 1. The van der Waals surface area contributed by atoms with Crippen molar-refractivity contribution in [2.24, 2.45) is 0 Å². The number of carbonyl (C=O) groups is 2. The fourth-order valence-electron chi connectivity index (χ4n) is 3.41. The first-order chi connectivity index (χ1) is 17.7. The zero-order valence-corrected chi connectivity index (χ0v) is 23.0. The molecule has 11 heteroatoms. The van der Waals surface area contributed by atoms with Gasteiger partial charge in [0.05, 0.1) is 34.4 Å². The van der Waals surface area contributed by atoms with Crippen molar-refractivity contribution in [1.82, 2.24) is 0 Å². The van der Waals surface area contributed by atoms with Gasteiger partial charge in [-0.05, 0) is 74.7 Å². The minimum absolute atomic E-state index is 0.0336. The van der Waals surface area contributed by atoms with Gasteiger partial charge in [0.1, 0.15) is 12.3 Å². The summed E-state index contributed by atoms with van der Waals surface area (Å²) in [5.41, 5.74) is 0.678. The van der Waals surface area contributed by atoms with Gasteiger partial charge in [0.25, 0.3) is 10.0 Å². The van der Waals surface area contributed by atoms with Gasteiger partial charge >= 0.3 is 5.97 Å². The number of ether oxygens (including phenoxy) is 2. The first kappa shape index (κ1) is 28.4. The van der Waals surface area contributed by atoms with Crippen LogP contribution in [0.1, 0.15) is 24.2 Å². The van der Waals surface area contributed by atoms with Crippen LogP contribution in [-0.2, 0) is 19.6 Å². The Balaban J connectivity index is 1.94. The van der Waals surface area contributed by atoms with E-state index in [1.807, 2.05) is 6.26 Å². The molecular weight excluding hydrogens is 536 g/mol. The highest BCUT2D eigenvalue weighted by Gasteiger charge is 2.29. The van der Waals surface area contributed by atoms with Crippen LogP contribution in [0.5, 0.6) is 5.75 Å². The molecule has 8 nitrogen and oxygen atoms in total. The number of hydrogen-bond acceptors (Lipinski definition) is 7. The van der Waals surface area contributed by atoms with Gasteiger partial charge in [0.15, 0.2) is 0 Å². The molecule has 196 valence electrons. The maximum atomic E-state index is 13.7. The van der Waals surface area contributed by atoms with Crippen molar-refractivity contribution in [3.05, 3.63) is 77.3 Å². The van der Waals surface area contributed by atoms with Crippen LogP contribution in [0.4, 0.5) is 11.4 Å². The summed E-state index contributed by atoms with van der Waals surface area (Å²) in [4.78, 5) is 26.0. The van der Waals surface area contributed by atoms with Gasteiger partial charge in [-0.2, -0.15) is 0 Å². The number of anilines is 2. The third-order valence-corrected chi connectivity index (χ3v) is 7.95. The number of nitrogens with one attached hydrogen (secondary N) is 1. The Bertz CT molecular complexity index is 1360. The van der Waals surface area contributed by atoms with Crippen LogP contribution in [0.15, 0.2) is 76.5 Å². The number of thioether (sulfide) groups is 1. The summed E-state index contributed by atoms with van der Waals surface area (Å²) in [7, 11) is -4.14. The van der Waals surface area contributed by atoms with Crippen LogP contribution in [0, 0.1) is 0 Å². The lowest BCUT2D eigenvalue weighted by Gasteiger charge is -2.26. The Kier molecular flexibility index (Phi) is 9.85. The molecular formula is C26H27ClN2O6S2. The van der Waals surface area contributed by atoms with Crippen LogP contribution in [0.25, 0.3) is 0 Å². The Morgan fingerprint density at radius 1 is 1.00 bits per heavy atom. The summed E-state index contributed by atoms with van der Waals surface area (Å²) in [5.74, 6) is -0.873. The van der Waals surface area contributed by atoms with Gasteiger partial charge < -0.3 is 14.8 Å². The molecule has 0 saturated heterocycles. The van der Waals surface area contributed by atoms with Crippen molar-refractivity contribution in [2.75, 3.05) is 35.6 Å². The van der Waals surface area contributed by atoms with Crippen LogP contribution >= 0.6 is 23.4 Å². The summed E-state index contributed by atoms with van der Waals surface area (Å²) in [6.07, 6.45) is 1.89. The number of nitrogens with zero attached hydrogens (tertiary/aromatic N) is 1. The molecule has 0 aliphatic rings. The van der Waals surface area contributed by atoms with Crippen molar-refractivity contribution in [2.45, 2.75) is 23.6 Å². The van der Waals surface area contributed by atoms with E-state index in [2.05, 4.69) is 5.32 Å². The molecule has 3 aromatic rings. The third-order valence-electron chi connectivity index (χ3n) is 5.12. The molecule has 0 radical (unpaired) electrons. The molecule has 0 aliphatic carbocycles. The predicted molar refractivity (Wildman–Crippen MR) is 146 cm³/mol. The largest absolute Gasteiger partial charge is 0.492 e. The molecule has 0 spiro atoms. The van der Waals surface area contributed by atoms with E-state index in [1.54, 1.807) is 50.2 Å². The highest BCUT2D eigenvalue weighted by atomic mass is 35.5. The zero-order valence-electron chi connectivity index (χ0n) is 20.6. The van der Waals surface area contributed by atoms with Crippen molar-refractivity contribution < 1.29 is 27.5 Å². The van der Waals surface area contributed by atoms with Gasteiger partial charge in [-0.3, -0.25) is 9.10 Å². The standard InChI is InChI=1S/C26H27ClN2O6S2/c1-4-34-24-9-7-6-8-23(24)29(37(32,33)20-13-11-19(36-3)12-14-20)17-25(30)28-18-10-15-21(22(27)16-18)26(31)35-5-2/h6-16H,4-5,17H2,1-3H3,(H,28,30). The number of hydrogen-bond donors (Lipinski definition) is 1. The average molecular weight is 563 g/mol. The van der Waals surface area contributed by atoms with Gasteiger partial charge in [-0.25, -0.2) is 13.2 Å². The van der Waals surface area contributed by atoms with E-state index in [0.29, 0.717) is 18.0 Å². The highest BCUT2D eigenvalue weighted by Crippen LogP contribution is 2.33. The third kappa shape index (κ3) is 6.97. The first-order valence-corrected chi connectivity index (χ1v) is 14.4. The van der Waals surface area contributed by atoms with E-state index in [4.69, 9.17) is 21.1 Å². The molecule has 1 amide bonds. The summed E-state index contributed by atoms with van der Waals surface area (Å²) in [6.45, 7) is 3.44. The molecule has 0 saturated carbocycles. The molecule has 37 heavy (non-hydrogen) atoms. The molecule has 0 aromatic heterocycles. The number of benzene rings is 3. The van der Waals surface area contributed by atoms with Crippen molar-refractivity contribution in [3.63, 3.8) is 0 Å². The number of para-hydroxylation sites is 2.